The highest BCUT2D eigenvalue weighted by Gasteiger charge is 2.48. The van der Waals surface area contributed by atoms with Crippen molar-refractivity contribution in [1.82, 2.24) is 0 Å². The molecule has 16 nitrogen and oxygen atoms in total. The van der Waals surface area contributed by atoms with Crippen LogP contribution in [0, 0.1) is 0 Å². The van der Waals surface area contributed by atoms with Gasteiger partial charge in [-0.1, -0.05) is 24.3 Å². The quantitative estimate of drug-likeness (QED) is 0.127. The lowest BCUT2D eigenvalue weighted by Crippen LogP contribution is -2.61. The number of carbonyl (C=O) groups is 1. The second-order valence-electron chi connectivity index (χ2n) is 11.5. The third kappa shape index (κ3) is 7.05. The smallest absolute Gasteiger partial charge is 0.335 e. The second-order valence-corrected chi connectivity index (χ2v) is 11.5. The number of ether oxygens (including phenoxy) is 5. The molecule has 6 rings (SSSR count). The van der Waals surface area contributed by atoms with E-state index in [0.717, 1.165) is 0 Å². The molecule has 3 heterocycles. The molecular weight excluding hydrogens is 660 g/mol. The molecule has 10 N–H and O–H groups in total. The van der Waals surface area contributed by atoms with Crippen LogP contribution in [0.3, 0.4) is 0 Å². The first-order valence-electron chi connectivity index (χ1n) is 15.2. The van der Waals surface area contributed by atoms with Crippen LogP contribution in [0.15, 0.2) is 77.8 Å². The highest BCUT2D eigenvalue weighted by atomic mass is 16.7. The summed E-state index contributed by atoms with van der Waals surface area (Å²) in [7, 11) is 0. The molecule has 262 valence electrons. The Morgan fingerprint density at radius 2 is 1.72 bits per heavy atom. The number of aliphatic carboxylic acids is 1. The number of nitrogens with zero attached hydrogens (tertiary/aromatic N) is 1. The average molecular weight is 694 g/mol. The molecule has 0 aliphatic carbocycles. The van der Waals surface area contributed by atoms with E-state index in [0.29, 0.717) is 22.6 Å². The Balaban J connectivity index is 1.26. The molecule has 0 saturated carbocycles. The molecule has 3 aliphatic heterocycles. The van der Waals surface area contributed by atoms with Crippen molar-refractivity contribution >= 4 is 23.3 Å². The summed E-state index contributed by atoms with van der Waals surface area (Å²) < 4.78 is 28.6. The van der Waals surface area contributed by atoms with E-state index in [1.165, 1.54) is 24.3 Å². The summed E-state index contributed by atoms with van der Waals surface area (Å²) in [5, 5.41) is 88.7. The normalized spacial score (nSPS) is 24.8. The third-order valence-electron chi connectivity index (χ3n) is 7.99. The SMILES string of the molecule is [NH2+]=C1C=CC([C@@H](O)COc2ccc(C3C=C(O)c4c(cc(O[C@@H]5O[C@H](C(=O)O)[C@@H](O)[C@@H](O)[C@H]5O)c(OCc5cccc(O)c5)c4O)O3)cc2)=N1. The first kappa shape index (κ1) is 34.2. The van der Waals surface area contributed by atoms with Gasteiger partial charge in [0, 0.05) is 18.2 Å². The Kier molecular flexibility index (Phi) is 9.63. The average Bonchev–Trinajstić information content (AvgIpc) is 3.53. The highest BCUT2D eigenvalue weighted by Crippen LogP contribution is 2.51. The zero-order chi connectivity index (χ0) is 35.7. The van der Waals surface area contributed by atoms with Gasteiger partial charge < -0.3 is 64.5 Å². The molecule has 3 aromatic rings. The summed E-state index contributed by atoms with van der Waals surface area (Å²) in [4.78, 5) is 15.7. The van der Waals surface area contributed by atoms with Crippen molar-refractivity contribution in [2.75, 3.05) is 6.61 Å². The maximum absolute atomic E-state index is 11.7. The fraction of sp³-hybridized carbons (Fsp3) is 0.265. The van der Waals surface area contributed by atoms with Crippen LogP contribution >= 0.6 is 0 Å². The second kappa shape index (κ2) is 14.1. The maximum Gasteiger partial charge on any atom is 0.335 e. The summed E-state index contributed by atoms with van der Waals surface area (Å²) >= 11 is 0. The van der Waals surface area contributed by atoms with Gasteiger partial charge in [0.15, 0.2) is 29.4 Å². The van der Waals surface area contributed by atoms with E-state index in [1.807, 2.05) is 0 Å². The molecule has 1 fully saturated rings. The number of aliphatic imine (C=N–C) groups is 1. The molecule has 0 spiro atoms. The van der Waals surface area contributed by atoms with Gasteiger partial charge in [0.1, 0.15) is 66.2 Å². The fourth-order valence-electron chi connectivity index (χ4n) is 5.40. The lowest BCUT2D eigenvalue weighted by Gasteiger charge is -2.38. The first-order valence-corrected chi connectivity index (χ1v) is 15.2. The van der Waals surface area contributed by atoms with Gasteiger partial charge in [0.05, 0.1) is 0 Å². The predicted molar refractivity (Wildman–Crippen MR) is 171 cm³/mol. The van der Waals surface area contributed by atoms with Crippen molar-refractivity contribution in [3.8, 4) is 34.5 Å². The molecule has 3 aromatic carbocycles. The molecular formula is C34H33N2O14+. The van der Waals surface area contributed by atoms with E-state index in [4.69, 9.17) is 29.1 Å². The zero-order valence-electron chi connectivity index (χ0n) is 25.9. The van der Waals surface area contributed by atoms with E-state index in [9.17, 15) is 45.6 Å². The number of nitrogens with two attached hydrogens (primary N) is 1. The van der Waals surface area contributed by atoms with Crippen LogP contribution in [-0.4, -0.2) is 102 Å². The Bertz CT molecular complexity index is 1870. The molecule has 7 atom stereocenters. The number of rotatable bonds is 11. The van der Waals surface area contributed by atoms with Gasteiger partial charge in [0.25, 0.3) is 0 Å². The van der Waals surface area contributed by atoms with E-state index < -0.39 is 60.4 Å². The largest absolute Gasteiger partial charge is 0.508 e. The van der Waals surface area contributed by atoms with E-state index in [-0.39, 0.29) is 47.6 Å². The summed E-state index contributed by atoms with van der Waals surface area (Å²) in [6, 6.07) is 13.8. The van der Waals surface area contributed by atoms with Crippen LogP contribution in [-0.2, 0) is 16.1 Å². The lowest BCUT2D eigenvalue weighted by atomic mass is 9.99. The molecule has 1 saturated heterocycles. The van der Waals surface area contributed by atoms with E-state index in [2.05, 4.69) is 4.99 Å². The van der Waals surface area contributed by atoms with Crippen molar-refractivity contribution in [1.29, 1.82) is 0 Å². The molecule has 3 aliphatic rings. The topological polar surface area (TPSA) is 263 Å². The molecule has 0 amide bonds. The summed E-state index contributed by atoms with van der Waals surface area (Å²) in [5.74, 6) is -2.90. The first-order chi connectivity index (χ1) is 23.9. The lowest BCUT2D eigenvalue weighted by molar-refractivity contribution is -0.271. The van der Waals surface area contributed by atoms with Gasteiger partial charge in [-0.3, -0.25) is 5.41 Å². The van der Waals surface area contributed by atoms with Crippen LogP contribution in [0.2, 0.25) is 0 Å². The van der Waals surface area contributed by atoms with Crippen molar-refractivity contribution in [2.24, 2.45) is 4.99 Å². The van der Waals surface area contributed by atoms with Crippen LogP contribution in [0.5, 0.6) is 34.5 Å². The van der Waals surface area contributed by atoms with E-state index >= 15 is 0 Å². The van der Waals surface area contributed by atoms with Crippen molar-refractivity contribution in [2.45, 2.75) is 49.5 Å². The number of aliphatic hydroxyl groups is 5. The summed E-state index contributed by atoms with van der Waals surface area (Å²) in [6.45, 7) is -0.328. The van der Waals surface area contributed by atoms with Crippen LogP contribution in [0.25, 0.3) is 5.76 Å². The zero-order valence-corrected chi connectivity index (χ0v) is 25.9. The fourth-order valence-corrected chi connectivity index (χ4v) is 5.40. The number of phenols is 2. The Labute approximate surface area is 283 Å². The van der Waals surface area contributed by atoms with Crippen molar-refractivity contribution in [3.05, 3.63) is 89.5 Å². The monoisotopic (exact) mass is 693 g/mol. The molecule has 1 unspecified atom stereocenters. The van der Waals surface area contributed by atoms with Gasteiger partial charge in [-0.15, -0.1) is 0 Å². The van der Waals surface area contributed by atoms with Crippen molar-refractivity contribution in [3.63, 3.8) is 0 Å². The third-order valence-corrected chi connectivity index (χ3v) is 7.99. The van der Waals surface area contributed by atoms with Gasteiger partial charge in [-0.25, -0.2) is 4.79 Å². The van der Waals surface area contributed by atoms with Gasteiger partial charge in [-0.05, 0) is 46.5 Å². The number of phenolic OH excluding ortho intramolecular Hbond substituents is 2. The molecule has 50 heavy (non-hydrogen) atoms. The standard InChI is InChI=1S/C34H32N2O14/c35-25-9-8-19(36-25)21(39)14-46-18-6-4-16(5-7-18)22-11-20(38)26-23(48-22)12-24(31(27(26)40)47-13-15-2-1-3-17(37)10-15)49-34-30(43)28(41)29(42)32(50-34)33(44)45/h1-12,21-22,28-30,32,34-35,37-43H,13-14H2,(H,44,45)/p+1/t21-,22?,28+,29-,30+,32-,34+/m0/s1. The number of benzene rings is 3. The van der Waals surface area contributed by atoms with Gasteiger partial charge in [-0.2, -0.15) is 0 Å². The molecule has 16 heteroatoms. The molecule has 0 bridgehead atoms. The number of hydrogen-bond acceptors (Lipinski definition) is 13. The van der Waals surface area contributed by atoms with Crippen molar-refractivity contribution < 1.29 is 74.7 Å². The number of amidine groups is 1. The Morgan fingerprint density at radius 3 is 2.40 bits per heavy atom. The number of aliphatic hydroxyl groups excluding tert-OH is 5. The maximum atomic E-state index is 11.7. The predicted octanol–water partition coefficient (Wildman–Crippen LogP) is -0.111. The minimum Gasteiger partial charge on any atom is -0.508 e. The van der Waals surface area contributed by atoms with Crippen LogP contribution in [0.1, 0.15) is 22.8 Å². The number of carboxylic acid groups (broad SMARTS) is 1. The number of fused-ring (bicyclic) bond motifs is 1. The van der Waals surface area contributed by atoms with Gasteiger partial charge >= 0.3 is 11.8 Å². The van der Waals surface area contributed by atoms with E-state index in [1.54, 1.807) is 48.6 Å². The minimum absolute atomic E-state index is 0.0544. The van der Waals surface area contributed by atoms with Crippen LogP contribution < -0.4 is 24.4 Å². The minimum atomic E-state index is -1.98. The Hall–Kier alpha value is -5.65. The summed E-state index contributed by atoms with van der Waals surface area (Å²) in [5.41, 5.74) is 1.20. The number of aromatic hydroxyl groups is 2. The summed E-state index contributed by atoms with van der Waals surface area (Å²) in [6.07, 6.45) is -7.19. The molecule has 0 aromatic heterocycles. The number of carboxylic acids is 1. The van der Waals surface area contributed by atoms with Gasteiger partial charge in [0.2, 0.25) is 12.0 Å². The number of hydrogen-bond donors (Lipinski definition) is 9. The van der Waals surface area contributed by atoms with Crippen LogP contribution in [0.4, 0.5) is 0 Å². The Morgan fingerprint density at radius 1 is 0.960 bits per heavy atom. The highest BCUT2D eigenvalue weighted by molar-refractivity contribution is 6.14. The molecule has 0 radical (unpaired) electrons.